The van der Waals surface area contributed by atoms with E-state index in [1.165, 1.54) is 116 Å². The molecule has 0 aliphatic carbocycles. The fraction of sp³-hybridized carbons (Fsp3) is 0.750. The number of aliphatic hydroxyl groups excluding tert-OH is 1. The van der Waals surface area contributed by atoms with Gasteiger partial charge in [0.05, 0.1) is 39.9 Å². The van der Waals surface area contributed by atoms with Crippen LogP contribution in [0.15, 0.2) is 72.9 Å². The van der Waals surface area contributed by atoms with Gasteiger partial charge in [-0.1, -0.05) is 196 Å². The highest BCUT2D eigenvalue weighted by Crippen LogP contribution is 2.38. The van der Waals surface area contributed by atoms with E-state index in [1.807, 2.05) is 27.2 Å². The minimum atomic E-state index is -4.59. The number of quaternary nitrogens is 1. The number of rotatable bonds is 44. The number of carbonyl (C=O) groups excluding carboxylic acids is 1. The molecule has 354 valence electrons. The summed E-state index contributed by atoms with van der Waals surface area (Å²) >= 11 is 0. The number of hydrogen-bond donors (Lipinski definition) is 2. The van der Waals surface area contributed by atoms with Gasteiger partial charge in [-0.25, -0.2) is 0 Å². The minimum absolute atomic E-state index is 0.00846. The van der Waals surface area contributed by atoms with Crippen LogP contribution in [0.4, 0.5) is 0 Å². The Labute approximate surface area is 376 Å². The first-order chi connectivity index (χ1) is 29.5. The lowest BCUT2D eigenvalue weighted by atomic mass is 10.0. The van der Waals surface area contributed by atoms with Gasteiger partial charge in [-0.2, -0.15) is 0 Å². The van der Waals surface area contributed by atoms with Gasteiger partial charge in [-0.3, -0.25) is 9.36 Å². The summed E-state index contributed by atoms with van der Waals surface area (Å²) in [7, 11) is 1.24. The fourth-order valence-corrected chi connectivity index (χ4v) is 7.47. The zero-order chi connectivity index (χ0) is 45.0. The molecule has 9 heteroatoms. The second-order valence-corrected chi connectivity index (χ2v) is 19.2. The largest absolute Gasteiger partial charge is 0.756 e. The van der Waals surface area contributed by atoms with Crippen molar-refractivity contribution in [1.82, 2.24) is 5.32 Å². The van der Waals surface area contributed by atoms with Crippen molar-refractivity contribution in [2.24, 2.45) is 0 Å². The summed E-state index contributed by atoms with van der Waals surface area (Å²) in [5.41, 5.74) is 0. The number of allylic oxidation sites excluding steroid dienone is 11. The monoisotopic (exact) mass is 875 g/mol. The van der Waals surface area contributed by atoms with E-state index in [-0.39, 0.29) is 12.5 Å². The number of aliphatic hydroxyl groups is 1. The average Bonchev–Trinajstić information content (AvgIpc) is 3.21. The first kappa shape index (κ1) is 58.9. The number of nitrogens with zero attached hydrogens (tertiary/aromatic N) is 1. The lowest BCUT2D eigenvalue weighted by Crippen LogP contribution is -2.45. The molecular formula is C52H95N2O6P. The number of phosphoric acid groups is 1. The van der Waals surface area contributed by atoms with Gasteiger partial charge in [0.2, 0.25) is 5.91 Å². The maximum Gasteiger partial charge on any atom is 0.268 e. The summed E-state index contributed by atoms with van der Waals surface area (Å²) in [6.45, 7) is 4.47. The molecule has 0 aromatic heterocycles. The van der Waals surface area contributed by atoms with Crippen LogP contribution >= 0.6 is 7.82 Å². The van der Waals surface area contributed by atoms with Gasteiger partial charge in [0, 0.05) is 6.42 Å². The van der Waals surface area contributed by atoms with Gasteiger partial charge < -0.3 is 28.8 Å². The standard InChI is InChI=1S/C52H95N2O6P/c1-6-8-10-12-14-16-18-19-20-21-22-23-24-25-26-27-28-29-30-31-32-33-34-35-36-38-40-42-44-46-52(56)53-50(49-60-61(57,58)59-48-47-54(3,4)5)51(55)45-43-41-39-37-17-15-13-11-9-7-2/h8,10,14,16-17,19-20,22-23,37,43,45,50-51,55H,6-7,9,11-13,15,18,21,24-36,38-42,44,46-49H2,1-5H3,(H-,53,56,57,58)/b10-8-,16-14-,20-19-,23-22-,37-17+,45-43+. The Morgan fingerprint density at radius 3 is 1.52 bits per heavy atom. The van der Waals surface area contributed by atoms with E-state index in [9.17, 15) is 19.4 Å². The van der Waals surface area contributed by atoms with Crippen molar-refractivity contribution in [2.45, 2.75) is 212 Å². The number of amides is 1. The highest BCUT2D eigenvalue weighted by Gasteiger charge is 2.23. The topological polar surface area (TPSA) is 108 Å². The summed E-state index contributed by atoms with van der Waals surface area (Å²) in [5.74, 6) is -0.212. The van der Waals surface area contributed by atoms with Crippen molar-refractivity contribution in [3.05, 3.63) is 72.9 Å². The van der Waals surface area contributed by atoms with Crippen LogP contribution in [0.2, 0.25) is 0 Å². The average molecular weight is 875 g/mol. The van der Waals surface area contributed by atoms with Crippen LogP contribution in [0.5, 0.6) is 0 Å². The van der Waals surface area contributed by atoms with Crippen LogP contribution in [-0.4, -0.2) is 68.5 Å². The highest BCUT2D eigenvalue weighted by atomic mass is 31.2. The first-order valence-corrected chi connectivity index (χ1v) is 26.3. The number of likely N-dealkylation sites (N-methyl/N-ethyl adjacent to an activating group) is 1. The molecular weight excluding hydrogens is 780 g/mol. The Morgan fingerprint density at radius 1 is 0.590 bits per heavy atom. The normalized spacial score (nSPS) is 14.8. The van der Waals surface area contributed by atoms with Crippen LogP contribution < -0.4 is 10.2 Å². The summed E-state index contributed by atoms with van der Waals surface area (Å²) in [6, 6.07) is -0.903. The quantitative estimate of drug-likeness (QED) is 0.0273. The fourth-order valence-electron chi connectivity index (χ4n) is 6.75. The van der Waals surface area contributed by atoms with E-state index >= 15 is 0 Å². The van der Waals surface area contributed by atoms with Gasteiger partial charge in [0.25, 0.3) is 7.82 Å². The SMILES string of the molecule is CC/C=C\C/C=C\C/C=C\C/C=C\CCCCCCCCCCCCCCCCCCC(=O)NC(COP(=O)([O-])OCC[N+](C)(C)C)C(O)/C=C/CC/C=C/CCCCCC. The molecule has 0 aromatic carbocycles. The third-order valence-electron chi connectivity index (χ3n) is 10.7. The van der Waals surface area contributed by atoms with Crippen molar-refractivity contribution in [3.63, 3.8) is 0 Å². The Morgan fingerprint density at radius 2 is 1.02 bits per heavy atom. The molecule has 0 aliphatic heterocycles. The van der Waals surface area contributed by atoms with Crippen molar-refractivity contribution in [2.75, 3.05) is 40.9 Å². The molecule has 8 nitrogen and oxygen atoms in total. The molecule has 2 N–H and O–H groups in total. The molecule has 0 spiro atoms. The first-order valence-electron chi connectivity index (χ1n) is 24.8. The third kappa shape index (κ3) is 45.8. The number of hydrogen-bond acceptors (Lipinski definition) is 6. The van der Waals surface area contributed by atoms with Crippen LogP contribution in [0.1, 0.15) is 200 Å². The molecule has 3 unspecified atom stereocenters. The predicted octanol–water partition coefficient (Wildman–Crippen LogP) is 13.7. The second kappa shape index (κ2) is 43.2. The number of unbranched alkanes of at least 4 members (excludes halogenated alkanes) is 21. The zero-order valence-corrected chi connectivity index (χ0v) is 41.0. The molecule has 3 atom stereocenters. The second-order valence-electron chi connectivity index (χ2n) is 17.8. The van der Waals surface area contributed by atoms with Crippen LogP contribution in [0.25, 0.3) is 0 Å². The summed E-state index contributed by atoms with van der Waals surface area (Å²) < 4.78 is 23.2. The summed E-state index contributed by atoms with van der Waals surface area (Å²) in [5, 5.41) is 13.7. The lowest BCUT2D eigenvalue weighted by Gasteiger charge is -2.29. The van der Waals surface area contributed by atoms with Gasteiger partial charge in [0.15, 0.2) is 0 Å². The van der Waals surface area contributed by atoms with Crippen LogP contribution in [0.3, 0.4) is 0 Å². The van der Waals surface area contributed by atoms with Crippen LogP contribution in [-0.2, 0) is 18.4 Å². The molecule has 0 radical (unpaired) electrons. The predicted molar refractivity (Wildman–Crippen MR) is 260 cm³/mol. The van der Waals surface area contributed by atoms with Gasteiger partial charge in [0.1, 0.15) is 13.2 Å². The highest BCUT2D eigenvalue weighted by molar-refractivity contribution is 7.45. The molecule has 0 rings (SSSR count). The van der Waals surface area contributed by atoms with E-state index in [0.717, 1.165) is 64.2 Å². The maximum absolute atomic E-state index is 12.9. The minimum Gasteiger partial charge on any atom is -0.756 e. The van der Waals surface area contributed by atoms with Gasteiger partial charge >= 0.3 is 0 Å². The Hall–Kier alpha value is -2.06. The molecule has 0 aliphatic rings. The van der Waals surface area contributed by atoms with E-state index in [4.69, 9.17) is 9.05 Å². The van der Waals surface area contributed by atoms with Gasteiger partial charge in [-0.05, 0) is 70.6 Å². The Balaban J connectivity index is 4.10. The number of carbonyl (C=O) groups is 1. The molecule has 0 bridgehead atoms. The number of phosphoric ester groups is 1. The number of nitrogens with one attached hydrogen (secondary N) is 1. The molecule has 0 saturated carbocycles. The lowest BCUT2D eigenvalue weighted by molar-refractivity contribution is -0.870. The van der Waals surface area contributed by atoms with Gasteiger partial charge in [-0.15, -0.1) is 0 Å². The van der Waals surface area contributed by atoms with Crippen LogP contribution in [0, 0.1) is 0 Å². The van der Waals surface area contributed by atoms with E-state index in [1.54, 1.807) is 6.08 Å². The molecule has 0 aromatic rings. The smallest absolute Gasteiger partial charge is 0.268 e. The van der Waals surface area contributed by atoms with E-state index < -0.39 is 26.6 Å². The maximum atomic E-state index is 12.9. The van der Waals surface area contributed by atoms with Crippen molar-refractivity contribution < 1.29 is 32.9 Å². The molecule has 0 fully saturated rings. The van der Waals surface area contributed by atoms with Crippen molar-refractivity contribution in [1.29, 1.82) is 0 Å². The van der Waals surface area contributed by atoms with E-state index in [2.05, 4.69) is 79.9 Å². The van der Waals surface area contributed by atoms with Crippen molar-refractivity contribution >= 4 is 13.7 Å². The Kier molecular flexibility index (Phi) is 41.7. The third-order valence-corrected chi connectivity index (χ3v) is 11.6. The molecule has 61 heavy (non-hydrogen) atoms. The molecule has 0 heterocycles. The zero-order valence-electron chi connectivity index (χ0n) is 40.1. The Bertz CT molecular complexity index is 1220. The van der Waals surface area contributed by atoms with E-state index in [0.29, 0.717) is 17.4 Å². The summed E-state index contributed by atoms with van der Waals surface area (Å²) in [4.78, 5) is 25.3. The summed E-state index contributed by atoms with van der Waals surface area (Å²) in [6.07, 6.45) is 58.4. The molecule has 0 saturated heterocycles. The molecule has 1 amide bonds. The van der Waals surface area contributed by atoms with Crippen molar-refractivity contribution in [3.8, 4) is 0 Å².